The molecule has 0 bridgehead atoms. The zero-order valence-corrected chi connectivity index (χ0v) is 16.7. The second-order valence-electron chi connectivity index (χ2n) is 6.12. The number of hydrogen-bond donors (Lipinski definition) is 2. The highest BCUT2D eigenvalue weighted by molar-refractivity contribution is 6.34. The average Bonchev–Trinajstić information content (AvgIpc) is 3.10. The van der Waals surface area contributed by atoms with Crippen molar-refractivity contribution in [2.45, 2.75) is 13.1 Å². The molecule has 3 rings (SSSR count). The molecule has 1 aromatic heterocycles. The molecule has 0 radical (unpaired) electrons. The first-order valence-electron chi connectivity index (χ1n) is 8.36. The molecule has 11 heteroatoms. The standard InChI is InChI=1S/C19H13Cl2F3N4O2/c1-10(29)26-12-4-7-16(15(21)8-12)27-18(30)14-9-25-28(17(14)19(22,23)24)13-5-2-11(20)3-6-13/h2-9H,1H3,(H,26,29)(H,27,30). The Hall–Kier alpha value is -3.04. The van der Waals surface area contributed by atoms with Crippen molar-refractivity contribution in [1.82, 2.24) is 9.78 Å². The molecule has 0 aliphatic rings. The lowest BCUT2D eigenvalue weighted by Gasteiger charge is -2.13. The van der Waals surface area contributed by atoms with Crippen LogP contribution in [-0.2, 0) is 11.0 Å². The van der Waals surface area contributed by atoms with Gasteiger partial charge in [0.1, 0.15) is 0 Å². The normalized spacial score (nSPS) is 11.3. The van der Waals surface area contributed by atoms with Crippen molar-refractivity contribution in [1.29, 1.82) is 0 Å². The SMILES string of the molecule is CC(=O)Nc1ccc(NC(=O)c2cnn(-c3ccc(Cl)cc3)c2C(F)(F)F)c(Cl)c1. The van der Waals surface area contributed by atoms with Crippen LogP contribution in [0.2, 0.25) is 10.0 Å². The van der Waals surface area contributed by atoms with Crippen LogP contribution in [0.5, 0.6) is 0 Å². The molecule has 0 atom stereocenters. The van der Waals surface area contributed by atoms with Gasteiger partial charge in [-0.2, -0.15) is 18.3 Å². The van der Waals surface area contributed by atoms with E-state index in [4.69, 9.17) is 23.2 Å². The van der Waals surface area contributed by atoms with Crippen LogP contribution in [0, 0.1) is 0 Å². The van der Waals surface area contributed by atoms with Crippen LogP contribution in [0.3, 0.4) is 0 Å². The molecule has 0 fully saturated rings. The number of alkyl halides is 3. The van der Waals surface area contributed by atoms with Crippen molar-refractivity contribution in [2.75, 3.05) is 10.6 Å². The number of carbonyl (C=O) groups is 2. The lowest BCUT2D eigenvalue weighted by Crippen LogP contribution is -2.21. The van der Waals surface area contributed by atoms with E-state index in [1.807, 2.05) is 0 Å². The number of nitrogens with one attached hydrogen (secondary N) is 2. The van der Waals surface area contributed by atoms with Gasteiger partial charge in [-0.3, -0.25) is 9.59 Å². The molecule has 0 aliphatic heterocycles. The summed E-state index contributed by atoms with van der Waals surface area (Å²) in [5, 5.41) is 8.94. The topological polar surface area (TPSA) is 76.0 Å². The number of aromatic nitrogens is 2. The van der Waals surface area contributed by atoms with Gasteiger partial charge >= 0.3 is 6.18 Å². The van der Waals surface area contributed by atoms with E-state index in [9.17, 15) is 22.8 Å². The minimum Gasteiger partial charge on any atom is -0.326 e. The highest BCUT2D eigenvalue weighted by Crippen LogP contribution is 2.35. The minimum absolute atomic E-state index is 0.0354. The van der Waals surface area contributed by atoms with Crippen LogP contribution in [0.25, 0.3) is 5.69 Å². The number of hydrogen-bond acceptors (Lipinski definition) is 3. The molecule has 156 valence electrons. The van der Waals surface area contributed by atoms with Crippen molar-refractivity contribution < 1.29 is 22.8 Å². The van der Waals surface area contributed by atoms with E-state index in [1.165, 1.54) is 49.4 Å². The van der Waals surface area contributed by atoms with E-state index in [0.717, 1.165) is 6.20 Å². The van der Waals surface area contributed by atoms with E-state index in [2.05, 4.69) is 15.7 Å². The number of amides is 2. The maximum absolute atomic E-state index is 13.7. The zero-order chi connectivity index (χ0) is 22.1. The Kier molecular flexibility index (Phi) is 6.04. The summed E-state index contributed by atoms with van der Waals surface area (Å²) >= 11 is 11.8. The van der Waals surface area contributed by atoms with E-state index in [1.54, 1.807) is 0 Å². The maximum atomic E-state index is 13.7. The van der Waals surface area contributed by atoms with Gasteiger partial charge in [-0.05, 0) is 42.5 Å². The fourth-order valence-electron chi connectivity index (χ4n) is 2.65. The molecule has 1 heterocycles. The molecule has 0 saturated carbocycles. The third-order valence-corrected chi connectivity index (χ3v) is 4.46. The van der Waals surface area contributed by atoms with Gasteiger partial charge in [0, 0.05) is 17.6 Å². The molecule has 3 aromatic rings. The number of benzene rings is 2. The Morgan fingerprint density at radius 2 is 1.70 bits per heavy atom. The molecular formula is C19H13Cl2F3N4O2. The van der Waals surface area contributed by atoms with Crippen molar-refractivity contribution in [2.24, 2.45) is 0 Å². The lowest BCUT2D eigenvalue weighted by atomic mass is 10.2. The van der Waals surface area contributed by atoms with Crippen molar-refractivity contribution in [3.63, 3.8) is 0 Å². The van der Waals surface area contributed by atoms with Gasteiger partial charge in [-0.25, -0.2) is 4.68 Å². The summed E-state index contributed by atoms with van der Waals surface area (Å²) in [5.74, 6) is -1.37. The second-order valence-corrected chi connectivity index (χ2v) is 6.97. The number of halogens is 5. The quantitative estimate of drug-likeness (QED) is 0.550. The fourth-order valence-corrected chi connectivity index (χ4v) is 3.01. The van der Waals surface area contributed by atoms with E-state index in [0.29, 0.717) is 15.4 Å². The van der Waals surface area contributed by atoms with E-state index < -0.39 is 23.3 Å². The Morgan fingerprint density at radius 1 is 1.03 bits per heavy atom. The molecule has 2 amide bonds. The van der Waals surface area contributed by atoms with Crippen LogP contribution >= 0.6 is 23.2 Å². The Morgan fingerprint density at radius 3 is 2.27 bits per heavy atom. The molecule has 0 aliphatic carbocycles. The second kappa shape index (κ2) is 8.37. The third kappa shape index (κ3) is 4.74. The van der Waals surface area contributed by atoms with Crippen LogP contribution < -0.4 is 10.6 Å². The summed E-state index contributed by atoms with van der Waals surface area (Å²) in [6.07, 6.45) is -4.03. The van der Waals surface area contributed by atoms with Crippen LogP contribution in [0.15, 0.2) is 48.7 Å². The summed E-state index contributed by atoms with van der Waals surface area (Å²) in [6, 6.07) is 9.70. The van der Waals surface area contributed by atoms with Gasteiger partial charge < -0.3 is 10.6 Å². The maximum Gasteiger partial charge on any atom is 0.434 e. The number of rotatable bonds is 4. The predicted molar refractivity (Wildman–Crippen MR) is 107 cm³/mol. The summed E-state index contributed by atoms with van der Waals surface area (Å²) in [7, 11) is 0. The van der Waals surface area contributed by atoms with Crippen LogP contribution in [-0.4, -0.2) is 21.6 Å². The largest absolute Gasteiger partial charge is 0.434 e. The number of anilines is 2. The zero-order valence-electron chi connectivity index (χ0n) is 15.2. The Balaban J connectivity index is 1.95. The van der Waals surface area contributed by atoms with Gasteiger partial charge in [-0.15, -0.1) is 0 Å². The van der Waals surface area contributed by atoms with Crippen LogP contribution in [0.4, 0.5) is 24.5 Å². The van der Waals surface area contributed by atoms with Crippen molar-refractivity contribution in [3.8, 4) is 5.69 Å². The molecule has 2 aromatic carbocycles. The van der Waals surface area contributed by atoms with Gasteiger partial charge in [0.2, 0.25) is 5.91 Å². The summed E-state index contributed by atoms with van der Waals surface area (Å²) in [6.45, 7) is 1.31. The van der Waals surface area contributed by atoms with Gasteiger partial charge in [0.15, 0.2) is 5.69 Å². The van der Waals surface area contributed by atoms with Crippen molar-refractivity contribution in [3.05, 3.63) is 70.0 Å². The lowest BCUT2D eigenvalue weighted by molar-refractivity contribution is -0.143. The van der Waals surface area contributed by atoms with Crippen LogP contribution in [0.1, 0.15) is 23.0 Å². The summed E-state index contributed by atoms with van der Waals surface area (Å²) in [5.41, 5.74) is -1.39. The summed E-state index contributed by atoms with van der Waals surface area (Å²) in [4.78, 5) is 23.7. The Labute approximate surface area is 178 Å². The molecule has 0 spiro atoms. The van der Waals surface area contributed by atoms with E-state index >= 15 is 0 Å². The molecular weight excluding hydrogens is 444 g/mol. The van der Waals surface area contributed by atoms with Gasteiger partial charge in [-0.1, -0.05) is 23.2 Å². The molecule has 30 heavy (non-hydrogen) atoms. The first kappa shape index (κ1) is 21.7. The highest BCUT2D eigenvalue weighted by atomic mass is 35.5. The Bertz CT molecular complexity index is 1110. The molecule has 6 nitrogen and oxygen atoms in total. The average molecular weight is 457 g/mol. The van der Waals surface area contributed by atoms with E-state index in [-0.39, 0.29) is 22.3 Å². The summed E-state index contributed by atoms with van der Waals surface area (Å²) < 4.78 is 41.8. The number of carbonyl (C=O) groups excluding carboxylic acids is 2. The van der Waals surface area contributed by atoms with Gasteiger partial charge in [0.05, 0.1) is 28.2 Å². The smallest absolute Gasteiger partial charge is 0.326 e. The minimum atomic E-state index is -4.86. The molecule has 0 saturated heterocycles. The first-order chi connectivity index (χ1) is 14.1. The first-order valence-corrected chi connectivity index (χ1v) is 9.11. The fraction of sp³-hybridized carbons (Fsp3) is 0.105. The van der Waals surface area contributed by atoms with Crippen molar-refractivity contribution >= 4 is 46.4 Å². The molecule has 2 N–H and O–H groups in total. The van der Waals surface area contributed by atoms with Gasteiger partial charge in [0.25, 0.3) is 5.91 Å². The third-order valence-electron chi connectivity index (χ3n) is 3.89. The predicted octanol–water partition coefficient (Wildman–Crippen LogP) is 5.41. The monoisotopic (exact) mass is 456 g/mol. The molecule has 0 unspecified atom stereocenters. The highest BCUT2D eigenvalue weighted by Gasteiger charge is 2.40. The number of nitrogens with zero attached hydrogens (tertiary/aromatic N) is 2.